The lowest BCUT2D eigenvalue weighted by molar-refractivity contribution is 0.359. The summed E-state index contributed by atoms with van der Waals surface area (Å²) in [5, 5.41) is 0. The van der Waals surface area contributed by atoms with Crippen molar-refractivity contribution < 1.29 is 9.47 Å². The van der Waals surface area contributed by atoms with Gasteiger partial charge in [-0.15, -0.1) is 0 Å². The Hall–Kier alpha value is -7.63. The molecule has 1 aliphatic heterocycles. The van der Waals surface area contributed by atoms with Crippen molar-refractivity contribution in [2.75, 3.05) is 0 Å². The van der Waals surface area contributed by atoms with Gasteiger partial charge >= 0.3 is 0 Å². The molecule has 1 aliphatic carbocycles. The van der Waals surface area contributed by atoms with Crippen LogP contribution in [-0.4, -0.2) is 15.0 Å². The summed E-state index contributed by atoms with van der Waals surface area (Å²) in [6, 6.07) is 69.2. The summed E-state index contributed by atoms with van der Waals surface area (Å²) < 4.78 is 12.8. The fraction of sp³-hybridized carbons (Fsp3) is 0.0192. The molecule has 8 aromatic carbocycles. The topological polar surface area (TPSA) is 57.1 Å². The Labute approximate surface area is 330 Å². The van der Waals surface area contributed by atoms with Crippen LogP contribution < -0.4 is 9.47 Å². The molecular formula is C52H33N3O2. The Bertz CT molecular complexity index is 2920. The van der Waals surface area contributed by atoms with Crippen LogP contribution in [0, 0.1) is 0 Å². The number of para-hydroxylation sites is 2. The fourth-order valence-electron chi connectivity index (χ4n) is 8.47. The van der Waals surface area contributed by atoms with E-state index in [1.165, 1.54) is 22.3 Å². The highest BCUT2D eigenvalue weighted by atomic mass is 16.6. The maximum absolute atomic E-state index is 6.49. The van der Waals surface area contributed by atoms with E-state index in [0.717, 1.165) is 38.9 Å². The predicted octanol–water partition coefficient (Wildman–Crippen LogP) is 12.8. The molecule has 5 heteroatoms. The second-order valence-corrected chi connectivity index (χ2v) is 14.3. The van der Waals surface area contributed by atoms with E-state index in [1.807, 2.05) is 66.7 Å². The van der Waals surface area contributed by atoms with E-state index in [0.29, 0.717) is 40.5 Å². The Balaban J connectivity index is 1.07. The van der Waals surface area contributed by atoms with Crippen molar-refractivity contribution in [1.29, 1.82) is 0 Å². The molecule has 0 radical (unpaired) electrons. The maximum Gasteiger partial charge on any atom is 0.170 e. The van der Waals surface area contributed by atoms with E-state index in [1.54, 1.807) is 0 Å². The van der Waals surface area contributed by atoms with Crippen molar-refractivity contribution in [1.82, 2.24) is 15.0 Å². The highest BCUT2D eigenvalue weighted by molar-refractivity contribution is 5.87. The third-order valence-corrected chi connectivity index (χ3v) is 11.1. The molecule has 0 atom stereocenters. The van der Waals surface area contributed by atoms with Crippen molar-refractivity contribution in [3.63, 3.8) is 0 Å². The summed E-state index contributed by atoms with van der Waals surface area (Å²) in [6.45, 7) is 0. The van der Waals surface area contributed by atoms with Gasteiger partial charge in [0.15, 0.2) is 40.5 Å². The van der Waals surface area contributed by atoms with E-state index < -0.39 is 5.41 Å². The minimum Gasteiger partial charge on any atom is -0.450 e. The molecule has 0 N–H and O–H groups in total. The third-order valence-electron chi connectivity index (χ3n) is 11.1. The molecule has 9 aromatic rings. The standard InChI is InChI=1S/C52H33N3O2/c1-3-14-34(15-4-1)37-18-13-19-38(32-37)51-54-49(35-16-5-2-6-17-35)53-50(55-51)36-26-28-39(29-27-36)52(43-22-9-7-20-41(43)42-21-8-10-23-44(42)52)40-30-31-47-48(33-40)57-46-25-12-11-24-45(46)56-47/h1-33H. The number of fused-ring (bicyclic) bond motifs is 5. The number of hydrogen-bond acceptors (Lipinski definition) is 5. The van der Waals surface area contributed by atoms with Gasteiger partial charge < -0.3 is 9.47 Å². The van der Waals surface area contributed by atoms with Gasteiger partial charge in [-0.1, -0.05) is 170 Å². The third kappa shape index (κ3) is 5.43. The van der Waals surface area contributed by atoms with Gasteiger partial charge in [0.1, 0.15) is 0 Å². The average Bonchev–Trinajstić information content (AvgIpc) is 3.60. The van der Waals surface area contributed by atoms with Crippen LogP contribution in [0.15, 0.2) is 200 Å². The molecule has 2 aliphatic rings. The Morgan fingerprint density at radius 1 is 0.298 bits per heavy atom. The molecule has 0 bridgehead atoms. The number of hydrogen-bond donors (Lipinski definition) is 0. The monoisotopic (exact) mass is 731 g/mol. The van der Waals surface area contributed by atoms with Crippen LogP contribution in [0.4, 0.5) is 0 Å². The maximum atomic E-state index is 6.49. The van der Waals surface area contributed by atoms with Crippen LogP contribution in [0.3, 0.4) is 0 Å². The SMILES string of the molecule is c1ccc(-c2cccc(-c3nc(-c4ccccc4)nc(-c4ccc(C5(c6ccc7c(c6)Oc6ccccc6O7)c6ccccc6-c6ccccc65)cc4)n3)c2)cc1. The van der Waals surface area contributed by atoms with Crippen LogP contribution >= 0.6 is 0 Å². The summed E-state index contributed by atoms with van der Waals surface area (Å²) in [6.07, 6.45) is 0. The minimum absolute atomic E-state index is 0.606. The lowest BCUT2D eigenvalue weighted by Crippen LogP contribution is -2.28. The first-order valence-corrected chi connectivity index (χ1v) is 19.1. The second kappa shape index (κ2) is 13.3. The van der Waals surface area contributed by atoms with Crippen molar-refractivity contribution in [3.05, 3.63) is 222 Å². The van der Waals surface area contributed by atoms with Crippen LogP contribution in [0.1, 0.15) is 22.3 Å². The molecule has 0 fully saturated rings. The van der Waals surface area contributed by atoms with Gasteiger partial charge in [0, 0.05) is 16.7 Å². The number of nitrogens with zero attached hydrogens (tertiary/aromatic N) is 3. The van der Waals surface area contributed by atoms with Gasteiger partial charge in [0.05, 0.1) is 5.41 Å². The van der Waals surface area contributed by atoms with Gasteiger partial charge in [-0.2, -0.15) is 0 Å². The zero-order valence-electron chi connectivity index (χ0n) is 30.7. The Morgan fingerprint density at radius 3 is 1.40 bits per heavy atom. The van der Waals surface area contributed by atoms with Gasteiger partial charge in [0.2, 0.25) is 0 Å². The Morgan fingerprint density at radius 2 is 0.754 bits per heavy atom. The van der Waals surface area contributed by atoms with Gasteiger partial charge in [-0.3, -0.25) is 0 Å². The molecule has 0 saturated heterocycles. The quantitative estimate of drug-likeness (QED) is 0.170. The van der Waals surface area contributed by atoms with E-state index in [-0.39, 0.29) is 0 Å². The second-order valence-electron chi connectivity index (χ2n) is 14.3. The number of rotatable bonds is 6. The molecule has 1 aromatic heterocycles. The molecular weight excluding hydrogens is 699 g/mol. The fourth-order valence-corrected chi connectivity index (χ4v) is 8.47. The lowest BCUT2D eigenvalue weighted by Gasteiger charge is -2.34. The first-order valence-electron chi connectivity index (χ1n) is 19.1. The van der Waals surface area contributed by atoms with Crippen molar-refractivity contribution in [3.8, 4) is 79.4 Å². The molecule has 0 spiro atoms. The van der Waals surface area contributed by atoms with Crippen molar-refractivity contribution >= 4 is 0 Å². The van der Waals surface area contributed by atoms with Crippen molar-refractivity contribution in [2.24, 2.45) is 0 Å². The summed E-state index contributed by atoms with van der Waals surface area (Å²) >= 11 is 0. The van der Waals surface area contributed by atoms with Crippen LogP contribution in [0.5, 0.6) is 23.0 Å². The molecule has 2 heterocycles. The largest absolute Gasteiger partial charge is 0.450 e. The molecule has 0 unspecified atom stereocenters. The highest BCUT2D eigenvalue weighted by Crippen LogP contribution is 2.57. The van der Waals surface area contributed by atoms with Crippen molar-refractivity contribution in [2.45, 2.75) is 5.41 Å². The van der Waals surface area contributed by atoms with Crippen LogP contribution in [-0.2, 0) is 5.41 Å². The van der Waals surface area contributed by atoms with E-state index in [2.05, 4.69) is 133 Å². The summed E-state index contributed by atoms with van der Waals surface area (Å²) in [5.74, 6) is 4.64. The smallest absolute Gasteiger partial charge is 0.170 e. The Kier molecular flexibility index (Phi) is 7.64. The average molecular weight is 732 g/mol. The highest BCUT2D eigenvalue weighted by Gasteiger charge is 2.46. The molecule has 0 amide bonds. The summed E-state index contributed by atoms with van der Waals surface area (Å²) in [4.78, 5) is 15.2. The minimum atomic E-state index is -0.640. The zero-order chi connectivity index (χ0) is 37.8. The predicted molar refractivity (Wildman–Crippen MR) is 225 cm³/mol. The van der Waals surface area contributed by atoms with Gasteiger partial charge in [0.25, 0.3) is 0 Å². The molecule has 5 nitrogen and oxygen atoms in total. The number of ether oxygens (including phenoxy) is 2. The number of aromatic nitrogens is 3. The normalized spacial score (nSPS) is 13.0. The molecule has 57 heavy (non-hydrogen) atoms. The lowest BCUT2D eigenvalue weighted by atomic mass is 9.67. The van der Waals surface area contributed by atoms with E-state index in [9.17, 15) is 0 Å². The first kappa shape index (κ1) is 32.8. The van der Waals surface area contributed by atoms with Crippen LogP contribution in [0.25, 0.3) is 56.4 Å². The van der Waals surface area contributed by atoms with Gasteiger partial charge in [-0.25, -0.2) is 15.0 Å². The van der Waals surface area contributed by atoms with E-state index >= 15 is 0 Å². The summed E-state index contributed by atoms with van der Waals surface area (Å²) in [5.41, 5.74) is 11.4. The van der Waals surface area contributed by atoms with Crippen LogP contribution in [0.2, 0.25) is 0 Å². The van der Waals surface area contributed by atoms with E-state index in [4.69, 9.17) is 24.4 Å². The summed E-state index contributed by atoms with van der Waals surface area (Å²) in [7, 11) is 0. The molecule has 11 rings (SSSR count). The first-order chi connectivity index (χ1) is 28.2. The van der Waals surface area contributed by atoms with Gasteiger partial charge in [-0.05, 0) is 74.8 Å². The zero-order valence-corrected chi connectivity index (χ0v) is 30.7. The number of benzene rings is 8. The molecule has 268 valence electrons. The molecule has 0 saturated carbocycles.